The average Bonchev–Trinajstić information content (AvgIpc) is 2.78. The van der Waals surface area contributed by atoms with Crippen LogP contribution in [0.1, 0.15) is 43.4 Å². The number of rotatable bonds is 4. The first kappa shape index (κ1) is 18.7. The zero-order valence-corrected chi connectivity index (χ0v) is 17.2. The van der Waals surface area contributed by atoms with E-state index in [2.05, 4.69) is 22.4 Å². The maximum absolute atomic E-state index is 13.1. The lowest BCUT2D eigenvalue weighted by Crippen LogP contribution is -2.27. The van der Waals surface area contributed by atoms with Gasteiger partial charge in [-0.05, 0) is 61.2 Å². The van der Waals surface area contributed by atoms with Gasteiger partial charge in [-0.3, -0.25) is 9.78 Å². The number of ether oxygens (including phenoxy) is 2. The molecule has 5 heteroatoms. The van der Waals surface area contributed by atoms with E-state index in [4.69, 9.17) is 9.47 Å². The standard InChI is InChI=1S/C25H24N2O3/c1-3-30-21-12-9-15(14-22(21)29-2)25-24-17(6-4-8-20(24)28)23-16-7-5-13-26-18(16)10-11-19(23)27-25/h5,7,9-14,25,27H,3-4,6,8H2,1-2H3. The predicted molar refractivity (Wildman–Crippen MR) is 118 cm³/mol. The van der Waals surface area contributed by atoms with Gasteiger partial charge in [0.25, 0.3) is 0 Å². The normalized spacial score (nSPS) is 17.9. The highest BCUT2D eigenvalue weighted by atomic mass is 16.5. The summed E-state index contributed by atoms with van der Waals surface area (Å²) in [5.41, 5.74) is 6.13. The number of pyridine rings is 1. The second-order valence-corrected chi connectivity index (χ2v) is 7.65. The molecule has 0 fully saturated rings. The molecule has 3 aromatic rings. The molecule has 2 heterocycles. The summed E-state index contributed by atoms with van der Waals surface area (Å²) in [7, 11) is 1.64. The number of allylic oxidation sites excluding steroid dienone is 1. The van der Waals surface area contributed by atoms with Crippen molar-refractivity contribution in [3.8, 4) is 11.5 Å². The molecule has 152 valence electrons. The van der Waals surface area contributed by atoms with Gasteiger partial charge in [0.15, 0.2) is 17.3 Å². The molecule has 0 spiro atoms. The zero-order chi connectivity index (χ0) is 20.7. The fourth-order valence-electron chi connectivity index (χ4n) is 4.67. The lowest BCUT2D eigenvalue weighted by atomic mass is 9.77. The third-order valence-corrected chi connectivity index (χ3v) is 5.95. The number of aromatic nitrogens is 1. The van der Waals surface area contributed by atoms with Crippen LogP contribution in [-0.4, -0.2) is 24.5 Å². The minimum absolute atomic E-state index is 0.209. The van der Waals surface area contributed by atoms with Gasteiger partial charge in [-0.1, -0.05) is 12.1 Å². The van der Waals surface area contributed by atoms with E-state index in [1.807, 2.05) is 37.3 Å². The molecule has 2 aliphatic rings. The van der Waals surface area contributed by atoms with Crippen LogP contribution in [0.4, 0.5) is 5.69 Å². The van der Waals surface area contributed by atoms with Crippen LogP contribution in [0.25, 0.3) is 16.5 Å². The molecule has 0 amide bonds. The second kappa shape index (κ2) is 7.48. The zero-order valence-electron chi connectivity index (χ0n) is 17.2. The fourth-order valence-corrected chi connectivity index (χ4v) is 4.67. The number of nitrogens with zero attached hydrogens (tertiary/aromatic N) is 1. The van der Waals surface area contributed by atoms with E-state index in [9.17, 15) is 4.79 Å². The van der Waals surface area contributed by atoms with Crippen molar-refractivity contribution in [2.75, 3.05) is 19.0 Å². The highest BCUT2D eigenvalue weighted by Crippen LogP contribution is 2.48. The van der Waals surface area contributed by atoms with E-state index in [0.717, 1.165) is 51.7 Å². The number of nitrogens with one attached hydrogen (secondary N) is 1. The molecular weight excluding hydrogens is 376 g/mol. The van der Waals surface area contributed by atoms with Crippen molar-refractivity contribution < 1.29 is 14.3 Å². The van der Waals surface area contributed by atoms with Crippen LogP contribution in [0.15, 0.2) is 54.2 Å². The largest absolute Gasteiger partial charge is 0.493 e. The van der Waals surface area contributed by atoms with Gasteiger partial charge in [0.1, 0.15) is 0 Å². The minimum atomic E-state index is -0.209. The highest BCUT2D eigenvalue weighted by Gasteiger charge is 2.35. The van der Waals surface area contributed by atoms with Crippen LogP contribution in [0, 0.1) is 0 Å². The number of anilines is 1. The van der Waals surface area contributed by atoms with Gasteiger partial charge in [-0.2, -0.15) is 0 Å². The van der Waals surface area contributed by atoms with Gasteiger partial charge in [-0.25, -0.2) is 0 Å². The van der Waals surface area contributed by atoms with E-state index >= 15 is 0 Å². The van der Waals surface area contributed by atoms with Crippen LogP contribution in [-0.2, 0) is 4.79 Å². The molecule has 0 saturated heterocycles. The second-order valence-electron chi connectivity index (χ2n) is 7.65. The highest BCUT2D eigenvalue weighted by molar-refractivity contribution is 6.12. The number of hydrogen-bond donors (Lipinski definition) is 1. The van der Waals surface area contributed by atoms with Crippen molar-refractivity contribution in [2.45, 2.75) is 32.2 Å². The molecular formula is C25H24N2O3. The Morgan fingerprint density at radius 2 is 2.03 bits per heavy atom. The summed E-state index contributed by atoms with van der Waals surface area (Å²) in [6.07, 6.45) is 4.17. The molecule has 1 atom stereocenters. The number of carbonyl (C=O) groups is 1. The number of ketones is 1. The summed E-state index contributed by atoms with van der Waals surface area (Å²) in [4.78, 5) is 17.6. The van der Waals surface area contributed by atoms with Crippen LogP contribution >= 0.6 is 0 Å². The SMILES string of the molecule is CCOc1ccc(C2Nc3ccc4ncccc4c3C3=C2C(=O)CCC3)cc1OC. The number of methoxy groups -OCH3 is 1. The maximum Gasteiger partial charge on any atom is 0.161 e. The number of fused-ring (bicyclic) bond motifs is 4. The van der Waals surface area contributed by atoms with Crippen molar-refractivity contribution in [1.29, 1.82) is 0 Å². The van der Waals surface area contributed by atoms with E-state index in [1.165, 1.54) is 0 Å². The van der Waals surface area contributed by atoms with Gasteiger partial charge in [0, 0.05) is 34.8 Å². The topological polar surface area (TPSA) is 60.5 Å². The van der Waals surface area contributed by atoms with E-state index in [1.54, 1.807) is 13.3 Å². The summed E-state index contributed by atoms with van der Waals surface area (Å²) >= 11 is 0. The summed E-state index contributed by atoms with van der Waals surface area (Å²) in [6.45, 7) is 2.52. The van der Waals surface area contributed by atoms with E-state index in [-0.39, 0.29) is 11.8 Å². The first-order valence-electron chi connectivity index (χ1n) is 10.4. The lowest BCUT2D eigenvalue weighted by Gasteiger charge is -2.35. The average molecular weight is 400 g/mol. The monoisotopic (exact) mass is 400 g/mol. The third-order valence-electron chi connectivity index (χ3n) is 5.95. The van der Waals surface area contributed by atoms with Gasteiger partial charge in [0.05, 0.1) is 25.3 Å². The van der Waals surface area contributed by atoms with Gasteiger partial charge in [0.2, 0.25) is 0 Å². The molecule has 5 rings (SSSR count). The van der Waals surface area contributed by atoms with Crippen molar-refractivity contribution in [3.05, 3.63) is 65.4 Å². The summed E-state index contributed by atoms with van der Waals surface area (Å²) in [5, 5.41) is 4.73. The van der Waals surface area contributed by atoms with Crippen molar-refractivity contribution in [3.63, 3.8) is 0 Å². The Hall–Kier alpha value is -3.34. The Bertz CT molecular complexity index is 1180. The Labute approximate surface area is 175 Å². The molecule has 1 aliphatic heterocycles. The van der Waals surface area contributed by atoms with Crippen LogP contribution in [0.2, 0.25) is 0 Å². The Morgan fingerprint density at radius 3 is 2.87 bits per heavy atom. The van der Waals surface area contributed by atoms with Crippen LogP contribution in [0.5, 0.6) is 11.5 Å². The Morgan fingerprint density at radius 1 is 1.13 bits per heavy atom. The van der Waals surface area contributed by atoms with Crippen molar-refractivity contribution in [2.24, 2.45) is 0 Å². The lowest BCUT2D eigenvalue weighted by molar-refractivity contribution is -0.116. The molecule has 5 nitrogen and oxygen atoms in total. The fraction of sp³-hybridized carbons (Fsp3) is 0.280. The molecule has 0 radical (unpaired) electrons. The smallest absolute Gasteiger partial charge is 0.161 e. The van der Waals surface area contributed by atoms with Crippen molar-refractivity contribution >= 4 is 27.9 Å². The first-order chi connectivity index (χ1) is 14.7. The summed E-state index contributed by atoms with van der Waals surface area (Å²) in [5.74, 6) is 1.60. The molecule has 1 N–H and O–H groups in total. The number of Topliss-reactive ketones (excluding diaryl/α,β-unsaturated/α-hetero) is 1. The van der Waals surface area contributed by atoms with Crippen LogP contribution in [0.3, 0.4) is 0 Å². The Kier molecular flexibility index (Phi) is 4.66. The molecule has 0 bridgehead atoms. The van der Waals surface area contributed by atoms with Gasteiger partial charge in [-0.15, -0.1) is 0 Å². The van der Waals surface area contributed by atoms with E-state index in [0.29, 0.717) is 24.5 Å². The number of carbonyl (C=O) groups excluding carboxylic acids is 1. The number of benzene rings is 2. The summed E-state index contributed by atoms with van der Waals surface area (Å²) in [6, 6.07) is 13.9. The predicted octanol–water partition coefficient (Wildman–Crippen LogP) is 5.32. The van der Waals surface area contributed by atoms with Gasteiger partial charge >= 0.3 is 0 Å². The number of hydrogen-bond acceptors (Lipinski definition) is 5. The van der Waals surface area contributed by atoms with Crippen molar-refractivity contribution in [1.82, 2.24) is 4.98 Å². The molecule has 0 saturated carbocycles. The van der Waals surface area contributed by atoms with E-state index < -0.39 is 0 Å². The maximum atomic E-state index is 13.1. The molecule has 2 aromatic carbocycles. The quantitative estimate of drug-likeness (QED) is 0.643. The Balaban J connectivity index is 1.70. The third kappa shape index (κ3) is 2.93. The van der Waals surface area contributed by atoms with Gasteiger partial charge < -0.3 is 14.8 Å². The molecule has 1 aliphatic carbocycles. The van der Waals surface area contributed by atoms with Crippen LogP contribution < -0.4 is 14.8 Å². The first-order valence-corrected chi connectivity index (χ1v) is 10.4. The molecule has 30 heavy (non-hydrogen) atoms. The molecule has 1 aromatic heterocycles. The molecule has 1 unspecified atom stereocenters. The summed E-state index contributed by atoms with van der Waals surface area (Å²) < 4.78 is 11.2. The minimum Gasteiger partial charge on any atom is -0.493 e.